The summed E-state index contributed by atoms with van der Waals surface area (Å²) in [6.07, 6.45) is 0. The summed E-state index contributed by atoms with van der Waals surface area (Å²) < 4.78 is 11.3. The van der Waals surface area contributed by atoms with Crippen LogP contribution in [0.25, 0.3) is 0 Å². The van der Waals surface area contributed by atoms with Gasteiger partial charge in [-0.1, -0.05) is 107 Å². The Balaban J connectivity index is 2.19. The topological polar surface area (TPSA) is 24.4 Å². The molecule has 1 aliphatic heterocycles. The number of thioether (sulfide) groups is 2. The molecule has 1 heterocycles. The molecule has 7 heteroatoms. The van der Waals surface area contributed by atoms with Gasteiger partial charge < -0.3 is 5.32 Å². The molecule has 2 nitrogen and oxygen atoms in total. The van der Waals surface area contributed by atoms with E-state index in [0.717, 1.165) is 28.1 Å². The van der Waals surface area contributed by atoms with Crippen LogP contribution in [0.1, 0.15) is 11.1 Å². The largest absolute Gasteiger partial charge is 0.349 e. The van der Waals surface area contributed by atoms with E-state index in [4.69, 9.17) is 23.2 Å². The molecule has 0 radical (unpaired) electrons. The second-order valence-corrected chi connectivity index (χ2v) is 9.55. The third-order valence-electron chi connectivity index (χ3n) is 3.78. The maximum atomic E-state index is 14.1. The summed E-state index contributed by atoms with van der Waals surface area (Å²) in [4.78, 5) is 4.26. The van der Waals surface area contributed by atoms with Crippen LogP contribution >= 0.6 is 46.7 Å². The van der Waals surface area contributed by atoms with Crippen molar-refractivity contribution in [2.75, 3.05) is 7.05 Å². The van der Waals surface area contributed by atoms with Crippen molar-refractivity contribution in [1.82, 2.24) is 5.32 Å². The zero-order valence-electron chi connectivity index (χ0n) is 12.7. The lowest BCUT2D eigenvalue weighted by Gasteiger charge is -2.36. The Labute approximate surface area is 159 Å². The van der Waals surface area contributed by atoms with E-state index in [9.17, 15) is 4.39 Å². The van der Waals surface area contributed by atoms with Gasteiger partial charge in [-0.25, -0.2) is 0 Å². The van der Waals surface area contributed by atoms with Gasteiger partial charge in [-0.2, -0.15) is 4.39 Å². The first-order chi connectivity index (χ1) is 11.5. The predicted molar refractivity (Wildman–Crippen MR) is 105 cm³/mol. The fraction of sp³-hybridized carbons (Fsp3) is 0.235. The summed E-state index contributed by atoms with van der Waals surface area (Å²) in [5, 5.41) is 4.19. The smallest absolute Gasteiger partial charge is 0.306 e. The first kappa shape index (κ1) is 17.9. The minimum atomic E-state index is -2.39. The van der Waals surface area contributed by atoms with Crippen LogP contribution < -0.4 is 5.32 Å². The molecule has 0 aromatic heterocycles. The Bertz CT molecular complexity index is 681. The van der Waals surface area contributed by atoms with Crippen molar-refractivity contribution in [3.05, 3.63) is 71.8 Å². The number of hydrogen-bond donors (Lipinski definition) is 1. The highest BCUT2D eigenvalue weighted by Gasteiger charge is 2.52. The van der Waals surface area contributed by atoms with Crippen LogP contribution in [-0.4, -0.2) is 20.7 Å². The highest BCUT2D eigenvalue weighted by molar-refractivity contribution is 8.26. The van der Waals surface area contributed by atoms with Crippen molar-refractivity contribution >= 4 is 51.9 Å². The molecular weight excluding hydrogens is 386 g/mol. The van der Waals surface area contributed by atoms with Gasteiger partial charge in [0.25, 0.3) is 0 Å². The summed E-state index contributed by atoms with van der Waals surface area (Å²) in [6.45, 7) is 0. The first-order valence-corrected chi connectivity index (χ1v) is 9.74. The van der Waals surface area contributed by atoms with E-state index in [-0.39, 0.29) is 4.58 Å². The van der Waals surface area contributed by atoms with E-state index in [2.05, 4.69) is 10.3 Å². The van der Waals surface area contributed by atoms with Gasteiger partial charge in [0.2, 0.25) is 0 Å². The Morgan fingerprint density at radius 3 is 2.00 bits per heavy atom. The molecule has 126 valence electrons. The van der Waals surface area contributed by atoms with Crippen LogP contribution in [0.4, 0.5) is 4.39 Å². The number of hydrogen-bond acceptors (Lipinski definition) is 3. The molecule has 1 atom stereocenters. The predicted octanol–water partition coefficient (Wildman–Crippen LogP) is 5.37. The van der Waals surface area contributed by atoms with E-state index in [1.165, 1.54) is 11.8 Å². The standard InChI is InChI=1S/C17H15Cl2FN2S2/c1-21-15-22-16(12-8-4-2-5-9-12,13-10-6-3-7-11-13)14(23-15)24-17(18,19)20/h2-11,14H,1H3,(H,21,22). The Kier molecular flexibility index (Phi) is 5.35. The van der Waals surface area contributed by atoms with Gasteiger partial charge in [-0.3, -0.25) is 4.99 Å². The van der Waals surface area contributed by atoms with Crippen LogP contribution in [0.2, 0.25) is 0 Å². The lowest BCUT2D eigenvalue weighted by Crippen LogP contribution is -2.46. The van der Waals surface area contributed by atoms with Crippen molar-refractivity contribution in [2.45, 2.75) is 14.0 Å². The van der Waals surface area contributed by atoms with E-state index in [0.29, 0.717) is 0 Å². The summed E-state index contributed by atoms with van der Waals surface area (Å²) >= 11 is 13.7. The van der Waals surface area contributed by atoms with Crippen molar-refractivity contribution in [2.24, 2.45) is 4.99 Å². The Morgan fingerprint density at radius 2 is 1.58 bits per heavy atom. The van der Waals surface area contributed by atoms with Gasteiger partial charge in [0.15, 0.2) is 5.17 Å². The van der Waals surface area contributed by atoms with Gasteiger partial charge in [0, 0.05) is 7.05 Å². The van der Waals surface area contributed by atoms with E-state index in [1.807, 2.05) is 60.7 Å². The number of benzene rings is 2. The number of halogens is 3. The number of alkyl halides is 3. The minimum absolute atomic E-state index is 0.332. The minimum Gasteiger partial charge on any atom is -0.349 e. The summed E-state index contributed by atoms with van der Waals surface area (Å²) in [5.74, 6) is 0. The number of nitrogens with one attached hydrogen (secondary N) is 1. The fourth-order valence-corrected chi connectivity index (χ4v) is 6.28. The average Bonchev–Trinajstić information content (AvgIpc) is 2.94. The number of aliphatic imine (C=N–C) groups is 1. The van der Waals surface area contributed by atoms with Crippen molar-refractivity contribution in [3.63, 3.8) is 0 Å². The van der Waals surface area contributed by atoms with Crippen LogP contribution in [0.3, 0.4) is 0 Å². The molecule has 0 bridgehead atoms. The third kappa shape index (κ3) is 3.54. The normalized spacial score (nSPS) is 21.7. The molecule has 0 amide bonds. The van der Waals surface area contributed by atoms with E-state index >= 15 is 0 Å². The molecule has 2 aromatic rings. The van der Waals surface area contributed by atoms with Gasteiger partial charge in [0.1, 0.15) is 5.54 Å². The third-order valence-corrected chi connectivity index (χ3v) is 6.80. The van der Waals surface area contributed by atoms with Gasteiger partial charge in [0.05, 0.1) is 4.58 Å². The summed E-state index contributed by atoms with van der Waals surface area (Å²) in [7, 11) is 1.70. The molecule has 24 heavy (non-hydrogen) atoms. The summed E-state index contributed by atoms with van der Waals surface area (Å²) in [5.41, 5.74) is 1.31. The number of rotatable bonds is 4. The van der Waals surface area contributed by atoms with Crippen molar-refractivity contribution in [1.29, 1.82) is 0 Å². The molecular formula is C17H15Cl2FN2S2. The highest BCUT2D eigenvalue weighted by atomic mass is 35.5. The molecule has 1 fully saturated rings. The quantitative estimate of drug-likeness (QED) is 0.697. The zero-order valence-corrected chi connectivity index (χ0v) is 15.9. The molecule has 3 rings (SSSR count). The molecule has 0 aliphatic carbocycles. The SMILES string of the molecule is CN=C1NC(c2ccccc2)(c2ccccc2)C(SC(F)(Cl)Cl)S1. The van der Waals surface area contributed by atoms with Crippen molar-refractivity contribution in [3.8, 4) is 0 Å². The highest BCUT2D eigenvalue weighted by Crippen LogP contribution is 2.54. The lowest BCUT2D eigenvalue weighted by molar-refractivity contribution is 0.501. The number of amidine groups is 1. The van der Waals surface area contributed by atoms with Crippen molar-refractivity contribution < 1.29 is 4.39 Å². The maximum absolute atomic E-state index is 14.1. The molecule has 1 unspecified atom stereocenters. The average molecular weight is 401 g/mol. The Morgan fingerprint density at radius 1 is 1.08 bits per heavy atom. The molecule has 0 spiro atoms. The van der Waals surface area contributed by atoms with Gasteiger partial charge in [-0.15, -0.1) is 0 Å². The maximum Gasteiger partial charge on any atom is 0.306 e. The van der Waals surface area contributed by atoms with E-state index < -0.39 is 9.46 Å². The molecule has 0 saturated carbocycles. The zero-order chi connectivity index (χ0) is 17.2. The molecule has 1 N–H and O–H groups in total. The van der Waals surface area contributed by atoms with Crippen LogP contribution in [0, 0.1) is 0 Å². The van der Waals surface area contributed by atoms with Crippen LogP contribution in [0.5, 0.6) is 0 Å². The number of nitrogens with zero attached hydrogens (tertiary/aromatic N) is 1. The lowest BCUT2D eigenvalue weighted by atomic mass is 9.84. The molecule has 1 saturated heterocycles. The monoisotopic (exact) mass is 400 g/mol. The molecule has 1 aliphatic rings. The van der Waals surface area contributed by atoms with Crippen LogP contribution in [0.15, 0.2) is 65.7 Å². The second kappa shape index (κ2) is 7.16. The van der Waals surface area contributed by atoms with Gasteiger partial charge in [-0.05, 0) is 11.1 Å². The molecule has 2 aromatic carbocycles. The fourth-order valence-electron chi connectivity index (χ4n) is 2.77. The second-order valence-electron chi connectivity index (χ2n) is 5.21. The van der Waals surface area contributed by atoms with Gasteiger partial charge >= 0.3 is 3.92 Å². The first-order valence-electron chi connectivity index (χ1n) is 7.23. The summed E-state index contributed by atoms with van der Waals surface area (Å²) in [6, 6.07) is 19.8. The van der Waals surface area contributed by atoms with E-state index in [1.54, 1.807) is 7.05 Å². The Hall–Kier alpha value is -0.880. The van der Waals surface area contributed by atoms with Crippen LogP contribution in [-0.2, 0) is 5.54 Å².